The van der Waals surface area contributed by atoms with Crippen LogP contribution in [0.5, 0.6) is 5.75 Å². The fourth-order valence-electron chi connectivity index (χ4n) is 2.96. The zero-order valence-corrected chi connectivity index (χ0v) is 17.1. The lowest BCUT2D eigenvalue weighted by Crippen LogP contribution is -2.17. The lowest BCUT2D eigenvalue weighted by molar-refractivity contribution is -0.274. The molecular weight excluding hydrogens is 449 g/mol. The molecule has 1 amide bonds. The van der Waals surface area contributed by atoms with Crippen molar-refractivity contribution >= 4 is 21.6 Å². The van der Waals surface area contributed by atoms with Gasteiger partial charge in [0.25, 0.3) is 5.91 Å². The Morgan fingerprint density at radius 2 is 1.66 bits per heavy atom. The van der Waals surface area contributed by atoms with E-state index in [2.05, 4.69) is 10.1 Å². The number of ether oxygens (including phenoxy) is 1. The number of carbonyl (C=O) groups is 1. The topological polar surface area (TPSA) is 119 Å². The molecule has 0 saturated heterocycles. The van der Waals surface area contributed by atoms with Gasteiger partial charge in [-0.1, -0.05) is 24.3 Å². The lowest BCUT2D eigenvalue weighted by Gasteiger charge is -2.16. The number of benzene rings is 3. The zero-order valence-electron chi connectivity index (χ0n) is 16.3. The number of anilines is 1. The maximum atomic E-state index is 12.7. The molecule has 4 N–H and O–H groups in total. The third-order valence-corrected chi connectivity index (χ3v) is 5.31. The number of hydrogen-bond donors (Lipinski definition) is 3. The molecule has 32 heavy (non-hydrogen) atoms. The molecule has 0 aliphatic rings. The van der Waals surface area contributed by atoms with Crippen LogP contribution in [-0.2, 0) is 16.6 Å². The van der Waals surface area contributed by atoms with Crippen molar-refractivity contribution in [1.82, 2.24) is 0 Å². The van der Waals surface area contributed by atoms with Crippen LogP contribution < -0.4 is 15.2 Å². The smallest absolute Gasteiger partial charge is 0.405 e. The summed E-state index contributed by atoms with van der Waals surface area (Å²) >= 11 is 0. The Balaban J connectivity index is 1.88. The number of hydrogen-bond acceptors (Lipinski definition) is 5. The van der Waals surface area contributed by atoms with Gasteiger partial charge in [0.2, 0.25) is 10.0 Å². The first-order chi connectivity index (χ1) is 15.0. The van der Waals surface area contributed by atoms with Crippen LogP contribution in [0.1, 0.15) is 15.9 Å². The van der Waals surface area contributed by atoms with Crippen molar-refractivity contribution in [2.75, 3.05) is 5.32 Å². The molecule has 0 aliphatic carbocycles. The van der Waals surface area contributed by atoms with Crippen molar-refractivity contribution in [3.05, 3.63) is 77.9 Å². The van der Waals surface area contributed by atoms with Crippen molar-refractivity contribution in [1.29, 1.82) is 0 Å². The Labute approximate surface area is 181 Å². The summed E-state index contributed by atoms with van der Waals surface area (Å²) in [6.07, 6.45) is -4.89. The molecule has 0 heterocycles. The number of nitrogens with two attached hydrogens (primary N) is 1. The molecule has 7 nitrogen and oxygen atoms in total. The molecular formula is C21H17F3N2O5S. The van der Waals surface area contributed by atoms with Crippen LogP contribution in [0, 0.1) is 0 Å². The van der Waals surface area contributed by atoms with Crippen LogP contribution in [0.15, 0.2) is 71.6 Å². The number of rotatable bonds is 6. The Hall–Kier alpha value is -3.41. The molecule has 0 saturated carbocycles. The summed E-state index contributed by atoms with van der Waals surface area (Å²) in [7, 11) is -3.88. The maximum absolute atomic E-state index is 12.7. The minimum Gasteiger partial charge on any atom is -0.405 e. The van der Waals surface area contributed by atoms with E-state index in [0.717, 1.165) is 6.07 Å². The third-order valence-electron chi connectivity index (χ3n) is 4.38. The van der Waals surface area contributed by atoms with E-state index in [9.17, 15) is 31.5 Å². The first kappa shape index (κ1) is 23.3. The van der Waals surface area contributed by atoms with Crippen molar-refractivity contribution in [2.45, 2.75) is 17.9 Å². The van der Waals surface area contributed by atoms with E-state index in [1.54, 1.807) is 0 Å². The molecule has 0 aliphatic heterocycles. The van der Waals surface area contributed by atoms with Gasteiger partial charge in [0.1, 0.15) is 5.75 Å². The number of nitrogens with one attached hydrogen (secondary N) is 1. The van der Waals surface area contributed by atoms with Crippen molar-refractivity contribution < 1.29 is 36.2 Å². The predicted molar refractivity (Wildman–Crippen MR) is 110 cm³/mol. The Kier molecular flexibility index (Phi) is 6.53. The largest absolute Gasteiger partial charge is 0.573 e. The summed E-state index contributed by atoms with van der Waals surface area (Å²) in [6.45, 7) is -0.542. The number of para-hydroxylation sites is 1. The zero-order chi connectivity index (χ0) is 23.5. The summed E-state index contributed by atoms with van der Waals surface area (Å²) in [5.74, 6) is -1.02. The number of alkyl halides is 3. The van der Waals surface area contributed by atoms with E-state index in [4.69, 9.17) is 5.14 Å². The molecule has 3 rings (SSSR count). The van der Waals surface area contributed by atoms with E-state index in [1.807, 2.05) is 0 Å². The summed E-state index contributed by atoms with van der Waals surface area (Å²) in [5.41, 5.74) is 0.991. The summed E-state index contributed by atoms with van der Waals surface area (Å²) in [4.78, 5) is 12.4. The molecule has 3 aromatic rings. The van der Waals surface area contributed by atoms with Gasteiger partial charge in [-0.2, -0.15) is 0 Å². The second-order valence-corrected chi connectivity index (χ2v) is 8.16. The number of aliphatic hydroxyl groups excluding tert-OH is 1. The van der Waals surface area contributed by atoms with Gasteiger partial charge in [-0.05, 0) is 53.6 Å². The number of sulfonamides is 1. The Bertz CT molecular complexity index is 1240. The average Bonchev–Trinajstić information content (AvgIpc) is 2.72. The Morgan fingerprint density at radius 3 is 2.25 bits per heavy atom. The van der Waals surface area contributed by atoms with Gasteiger partial charge in [0, 0.05) is 16.8 Å². The SMILES string of the molecule is NS(=O)(=O)c1ccc(NC(=O)c2ccc(-c3ccccc3OC(F)(F)F)c(CO)c2)cc1. The standard InChI is InChI=1S/C21H17F3N2O5S/c22-21(23,24)31-19-4-2-1-3-18(19)17-10-5-13(11-14(17)12-27)20(28)26-15-6-8-16(9-7-15)32(25,29)30/h1-11,27H,12H2,(H,26,28)(H2,25,29,30). The summed E-state index contributed by atoms with van der Waals surface area (Å²) < 4.78 is 64.8. The van der Waals surface area contributed by atoms with Crippen LogP contribution in [0.3, 0.4) is 0 Å². The quantitative estimate of drug-likeness (QED) is 0.513. The van der Waals surface area contributed by atoms with E-state index in [1.165, 1.54) is 60.7 Å². The molecule has 0 unspecified atom stereocenters. The molecule has 168 valence electrons. The van der Waals surface area contributed by atoms with Crippen LogP contribution in [0.2, 0.25) is 0 Å². The highest BCUT2D eigenvalue weighted by Crippen LogP contribution is 2.36. The van der Waals surface area contributed by atoms with Gasteiger partial charge in [0.05, 0.1) is 11.5 Å². The lowest BCUT2D eigenvalue weighted by atomic mass is 9.97. The third kappa shape index (κ3) is 5.63. The van der Waals surface area contributed by atoms with Crippen molar-refractivity contribution in [3.63, 3.8) is 0 Å². The molecule has 3 aromatic carbocycles. The van der Waals surface area contributed by atoms with Crippen LogP contribution in [0.4, 0.5) is 18.9 Å². The summed E-state index contributed by atoms with van der Waals surface area (Å²) in [6, 6.07) is 14.7. The monoisotopic (exact) mass is 466 g/mol. The minimum atomic E-state index is -4.89. The molecule has 0 spiro atoms. The predicted octanol–water partition coefficient (Wildman–Crippen LogP) is 3.64. The summed E-state index contributed by atoms with van der Waals surface area (Å²) in [5, 5.41) is 17.3. The number of aliphatic hydroxyl groups is 1. The van der Waals surface area contributed by atoms with Crippen LogP contribution >= 0.6 is 0 Å². The van der Waals surface area contributed by atoms with Gasteiger partial charge in [-0.25, -0.2) is 13.6 Å². The molecule has 0 radical (unpaired) electrons. The van der Waals surface area contributed by atoms with Crippen molar-refractivity contribution in [3.8, 4) is 16.9 Å². The van der Waals surface area contributed by atoms with Gasteiger partial charge in [0.15, 0.2) is 0 Å². The minimum absolute atomic E-state index is 0.0967. The second-order valence-electron chi connectivity index (χ2n) is 6.60. The fourth-order valence-corrected chi connectivity index (χ4v) is 3.48. The first-order valence-electron chi connectivity index (χ1n) is 9.01. The number of carbonyl (C=O) groups excluding carboxylic acids is 1. The van der Waals surface area contributed by atoms with Crippen LogP contribution in [0.25, 0.3) is 11.1 Å². The molecule has 11 heteroatoms. The molecule has 0 bridgehead atoms. The second kappa shape index (κ2) is 8.99. The van der Waals surface area contributed by atoms with Gasteiger partial charge in [-0.3, -0.25) is 4.79 Å². The van der Waals surface area contributed by atoms with Gasteiger partial charge >= 0.3 is 6.36 Å². The highest BCUT2D eigenvalue weighted by molar-refractivity contribution is 7.89. The van der Waals surface area contributed by atoms with Gasteiger partial charge in [-0.15, -0.1) is 13.2 Å². The molecule has 0 atom stereocenters. The van der Waals surface area contributed by atoms with Crippen molar-refractivity contribution in [2.24, 2.45) is 5.14 Å². The van der Waals surface area contributed by atoms with E-state index < -0.39 is 34.6 Å². The fraction of sp³-hybridized carbons (Fsp3) is 0.0952. The normalized spacial score (nSPS) is 11.8. The highest BCUT2D eigenvalue weighted by Gasteiger charge is 2.32. The average molecular weight is 466 g/mol. The number of halogens is 3. The maximum Gasteiger partial charge on any atom is 0.573 e. The number of primary sulfonamides is 1. The molecule has 0 aromatic heterocycles. The van der Waals surface area contributed by atoms with E-state index >= 15 is 0 Å². The van der Waals surface area contributed by atoms with Crippen LogP contribution in [-0.4, -0.2) is 25.8 Å². The first-order valence-corrected chi connectivity index (χ1v) is 10.6. The van der Waals surface area contributed by atoms with E-state index in [0.29, 0.717) is 5.69 Å². The number of amides is 1. The van der Waals surface area contributed by atoms with E-state index in [-0.39, 0.29) is 27.1 Å². The molecule has 0 fully saturated rings. The Morgan fingerprint density at radius 1 is 1.00 bits per heavy atom. The van der Waals surface area contributed by atoms with Gasteiger partial charge < -0.3 is 15.2 Å². The highest BCUT2D eigenvalue weighted by atomic mass is 32.2.